The maximum atomic E-state index is 9.25. The van der Waals surface area contributed by atoms with Gasteiger partial charge in [-0.15, -0.1) is 0 Å². The van der Waals surface area contributed by atoms with E-state index in [4.69, 9.17) is 14.2 Å². The molecule has 0 aliphatic heterocycles. The second-order valence-electron chi connectivity index (χ2n) is 10.1. The van der Waals surface area contributed by atoms with Crippen LogP contribution in [-0.4, -0.2) is 48.8 Å². The van der Waals surface area contributed by atoms with E-state index in [1.54, 1.807) is 0 Å². The van der Waals surface area contributed by atoms with Crippen molar-refractivity contribution in [3.8, 4) is 0 Å². The number of rotatable bonds is 10. The minimum Gasteiger partial charge on any atom is -0.390 e. The van der Waals surface area contributed by atoms with Gasteiger partial charge in [0.15, 0.2) is 0 Å². The average molecular weight is 407 g/mol. The van der Waals surface area contributed by atoms with Crippen molar-refractivity contribution in [1.82, 2.24) is 0 Å². The van der Waals surface area contributed by atoms with E-state index >= 15 is 0 Å². The first-order valence-electron chi connectivity index (χ1n) is 11.1. The Labute approximate surface area is 177 Å². The molecule has 1 unspecified atom stereocenters. The molecule has 0 aromatic rings. The van der Waals surface area contributed by atoms with E-state index in [1.165, 1.54) is 6.42 Å². The van der Waals surface area contributed by atoms with E-state index in [2.05, 4.69) is 62.3 Å². The van der Waals surface area contributed by atoms with Gasteiger partial charge in [-0.3, -0.25) is 0 Å². The summed E-state index contributed by atoms with van der Waals surface area (Å²) in [6, 6.07) is 0. The van der Waals surface area contributed by atoms with Gasteiger partial charge in [-0.25, -0.2) is 0 Å². The molecular weight excluding hydrogens is 352 g/mol. The van der Waals surface area contributed by atoms with Crippen LogP contribution in [0.25, 0.3) is 0 Å². The maximum absolute atomic E-state index is 9.25. The summed E-state index contributed by atoms with van der Waals surface area (Å²) < 4.78 is 16.1. The van der Waals surface area contributed by atoms with Crippen LogP contribution in [0.1, 0.15) is 96.4 Å². The normalized spacial score (nSPS) is 13.0. The van der Waals surface area contributed by atoms with Crippen molar-refractivity contribution in [3.05, 3.63) is 0 Å². The van der Waals surface area contributed by atoms with Crippen molar-refractivity contribution in [1.29, 1.82) is 0 Å². The minimum absolute atomic E-state index is 0.0320. The Kier molecular flexibility index (Phi) is 21.9. The standard InChI is InChI=1S/C8H18O2.2C8H18O/c1-6(2)8(9)5-10-7(3)4;1-7(2)6-9-8(3,4)5;1-7(2)5-6-9-8(3)4/h6-9H,5H2,1-4H3;7H,6H2,1-5H3;7-8H,5-6H2,1-4H3. The molecule has 174 valence electrons. The highest BCUT2D eigenvalue weighted by Crippen LogP contribution is 2.08. The van der Waals surface area contributed by atoms with E-state index in [0.717, 1.165) is 19.1 Å². The quantitative estimate of drug-likeness (QED) is 0.459. The molecule has 0 heterocycles. The summed E-state index contributed by atoms with van der Waals surface area (Å²) in [5.74, 6) is 1.70. The molecule has 0 saturated heterocycles. The topological polar surface area (TPSA) is 47.9 Å². The molecule has 0 aliphatic carbocycles. The van der Waals surface area contributed by atoms with Crippen LogP contribution in [-0.2, 0) is 14.2 Å². The average Bonchev–Trinajstić information content (AvgIpc) is 2.50. The Morgan fingerprint density at radius 1 is 0.679 bits per heavy atom. The molecule has 1 N–H and O–H groups in total. The molecule has 0 spiro atoms. The number of hydrogen-bond donors (Lipinski definition) is 1. The Morgan fingerprint density at radius 3 is 1.39 bits per heavy atom. The van der Waals surface area contributed by atoms with Crippen LogP contribution < -0.4 is 0 Å². The van der Waals surface area contributed by atoms with Crippen LogP contribution in [0.2, 0.25) is 0 Å². The van der Waals surface area contributed by atoms with Gasteiger partial charge in [0, 0.05) is 13.2 Å². The van der Waals surface area contributed by atoms with Gasteiger partial charge in [0.1, 0.15) is 0 Å². The summed E-state index contributed by atoms with van der Waals surface area (Å²) >= 11 is 0. The van der Waals surface area contributed by atoms with E-state index in [9.17, 15) is 5.11 Å². The molecule has 0 aliphatic rings. The van der Waals surface area contributed by atoms with Crippen molar-refractivity contribution < 1.29 is 19.3 Å². The third kappa shape index (κ3) is 36.7. The fraction of sp³-hybridized carbons (Fsp3) is 1.00. The molecule has 0 aromatic heterocycles. The van der Waals surface area contributed by atoms with Crippen molar-refractivity contribution in [3.63, 3.8) is 0 Å². The lowest BCUT2D eigenvalue weighted by atomic mass is 10.1. The van der Waals surface area contributed by atoms with Crippen LogP contribution in [0, 0.1) is 17.8 Å². The zero-order valence-electron chi connectivity index (χ0n) is 21.5. The molecule has 0 amide bonds. The molecule has 0 rings (SSSR count). The van der Waals surface area contributed by atoms with Gasteiger partial charge in [-0.1, -0.05) is 41.5 Å². The van der Waals surface area contributed by atoms with Gasteiger partial charge in [0.25, 0.3) is 0 Å². The number of aliphatic hydroxyl groups excluding tert-OH is 1. The van der Waals surface area contributed by atoms with E-state index in [0.29, 0.717) is 24.5 Å². The number of hydrogen-bond acceptors (Lipinski definition) is 4. The van der Waals surface area contributed by atoms with Crippen molar-refractivity contribution in [2.75, 3.05) is 19.8 Å². The first-order valence-corrected chi connectivity index (χ1v) is 11.1. The Bertz CT molecular complexity index is 296. The molecule has 0 fully saturated rings. The summed E-state index contributed by atoms with van der Waals surface area (Å²) in [4.78, 5) is 0. The molecule has 0 radical (unpaired) electrons. The zero-order valence-corrected chi connectivity index (χ0v) is 21.5. The Hall–Kier alpha value is -0.160. The minimum atomic E-state index is -0.317. The van der Waals surface area contributed by atoms with Gasteiger partial charge in [-0.2, -0.15) is 0 Å². The molecule has 4 nitrogen and oxygen atoms in total. The first-order chi connectivity index (χ1) is 12.6. The summed E-state index contributed by atoms with van der Waals surface area (Å²) in [5.41, 5.74) is 0.0320. The highest BCUT2D eigenvalue weighted by molar-refractivity contribution is 4.59. The number of ether oxygens (including phenoxy) is 3. The summed E-state index contributed by atoms with van der Waals surface area (Å²) in [7, 11) is 0. The highest BCUT2D eigenvalue weighted by atomic mass is 16.5. The molecule has 0 saturated carbocycles. The van der Waals surface area contributed by atoms with Crippen molar-refractivity contribution >= 4 is 0 Å². The van der Waals surface area contributed by atoms with Crippen LogP contribution in [0.5, 0.6) is 0 Å². The lowest BCUT2D eigenvalue weighted by molar-refractivity contribution is -0.0167. The third-order valence-electron chi connectivity index (χ3n) is 3.37. The highest BCUT2D eigenvalue weighted by Gasteiger charge is 2.10. The van der Waals surface area contributed by atoms with Crippen LogP contribution in [0.3, 0.4) is 0 Å². The second kappa shape index (κ2) is 18.8. The maximum Gasteiger partial charge on any atom is 0.0796 e. The molecule has 1 atom stereocenters. The molecule has 4 heteroatoms. The van der Waals surface area contributed by atoms with Gasteiger partial charge >= 0.3 is 0 Å². The molecule has 0 aromatic carbocycles. The lowest BCUT2D eigenvalue weighted by Gasteiger charge is -2.20. The zero-order chi connectivity index (χ0) is 22.9. The van der Waals surface area contributed by atoms with Gasteiger partial charge in [-0.05, 0) is 72.6 Å². The Balaban J connectivity index is -0.000000336. The second-order valence-corrected chi connectivity index (χ2v) is 10.1. The summed E-state index contributed by atoms with van der Waals surface area (Å²) in [6.07, 6.45) is 1.47. The third-order valence-corrected chi connectivity index (χ3v) is 3.37. The van der Waals surface area contributed by atoms with Gasteiger partial charge < -0.3 is 19.3 Å². The number of aliphatic hydroxyl groups is 1. The SMILES string of the molecule is CC(C)CCOC(C)C.CC(C)COC(C)(C)C.CC(C)OCC(O)C(C)C. The van der Waals surface area contributed by atoms with Crippen molar-refractivity contribution in [2.24, 2.45) is 17.8 Å². The van der Waals surface area contributed by atoms with E-state index in [-0.39, 0.29) is 17.8 Å². The monoisotopic (exact) mass is 406 g/mol. The fourth-order valence-corrected chi connectivity index (χ4v) is 1.44. The van der Waals surface area contributed by atoms with Gasteiger partial charge in [0.2, 0.25) is 0 Å². The summed E-state index contributed by atoms with van der Waals surface area (Å²) in [6.45, 7) is 29.2. The fourth-order valence-electron chi connectivity index (χ4n) is 1.44. The van der Waals surface area contributed by atoms with Crippen LogP contribution in [0.4, 0.5) is 0 Å². The van der Waals surface area contributed by atoms with E-state index < -0.39 is 0 Å². The van der Waals surface area contributed by atoms with Crippen LogP contribution >= 0.6 is 0 Å². The Morgan fingerprint density at radius 2 is 1.14 bits per heavy atom. The first kappa shape index (κ1) is 32.5. The predicted molar refractivity (Wildman–Crippen MR) is 123 cm³/mol. The van der Waals surface area contributed by atoms with E-state index in [1.807, 2.05) is 27.7 Å². The summed E-state index contributed by atoms with van der Waals surface area (Å²) in [5, 5.41) is 9.25. The lowest BCUT2D eigenvalue weighted by Crippen LogP contribution is -2.23. The van der Waals surface area contributed by atoms with Crippen molar-refractivity contribution in [2.45, 2.75) is 120 Å². The largest absolute Gasteiger partial charge is 0.390 e. The molecule has 28 heavy (non-hydrogen) atoms. The van der Waals surface area contributed by atoms with Crippen LogP contribution in [0.15, 0.2) is 0 Å². The molecule has 0 bridgehead atoms. The molecular formula is C24H54O4. The predicted octanol–water partition coefficient (Wildman–Crippen LogP) is 6.34. The van der Waals surface area contributed by atoms with Gasteiger partial charge in [0.05, 0.1) is 30.5 Å². The smallest absolute Gasteiger partial charge is 0.0796 e.